The van der Waals surface area contributed by atoms with E-state index < -0.39 is 24.2 Å². The van der Waals surface area contributed by atoms with Crippen LogP contribution in [0.2, 0.25) is 0 Å². The molecule has 5 atom stereocenters. The molecule has 1 fully saturated rings. The van der Waals surface area contributed by atoms with E-state index in [9.17, 15) is 9.59 Å². The van der Waals surface area contributed by atoms with Crippen molar-refractivity contribution in [2.24, 2.45) is 41.1 Å². The summed E-state index contributed by atoms with van der Waals surface area (Å²) >= 11 is 0. The van der Waals surface area contributed by atoms with Gasteiger partial charge in [0.1, 0.15) is 12.1 Å². The van der Waals surface area contributed by atoms with Gasteiger partial charge in [-0.25, -0.2) is 4.98 Å². The Kier molecular flexibility index (Phi) is 15.2. The second kappa shape index (κ2) is 17.8. The average molecular weight is 607 g/mol. The number of carbonyl (C=O) groups is 2. The van der Waals surface area contributed by atoms with Gasteiger partial charge in [0.15, 0.2) is 5.75 Å². The molecule has 10 nitrogen and oxygen atoms in total. The number of esters is 1. The van der Waals surface area contributed by atoms with Gasteiger partial charge in [0.25, 0.3) is 5.88 Å². The second-order valence-electron chi connectivity index (χ2n) is 13.2. The molecule has 1 saturated carbocycles. The number of hydrogen-bond donors (Lipinski definition) is 2. The molecule has 0 spiro atoms. The Morgan fingerprint density at radius 3 is 2.21 bits per heavy atom. The molecule has 1 heterocycles. The zero-order valence-corrected chi connectivity index (χ0v) is 28.0. The smallest absolute Gasteiger partial charge is 0.323 e. The number of rotatable bonds is 20. The molecule has 1 aromatic heterocycles. The highest BCUT2D eigenvalue weighted by atomic mass is 16.5. The fourth-order valence-corrected chi connectivity index (χ4v) is 5.24. The van der Waals surface area contributed by atoms with Gasteiger partial charge in [0.05, 0.1) is 13.7 Å². The summed E-state index contributed by atoms with van der Waals surface area (Å²) < 4.78 is 22.5. The molecular weight excluding hydrogens is 548 g/mol. The molecule has 4 N–H and O–H groups in total. The lowest BCUT2D eigenvalue weighted by Crippen LogP contribution is -2.48. The topological polar surface area (TPSA) is 139 Å². The highest BCUT2D eigenvalue weighted by Gasteiger charge is 2.38. The molecule has 1 amide bonds. The molecule has 0 aromatic carbocycles. The maximum absolute atomic E-state index is 13.5. The van der Waals surface area contributed by atoms with Gasteiger partial charge in [-0.15, -0.1) is 0 Å². The molecule has 0 bridgehead atoms. The standard InChI is InChI=1S/C33H58N4O6/c1-20(2)24(15-23-16-29(31(41-9)36-19-23)42-14-10-13-40-8)17-27(34)28(43-33(39)30(35)22(5)6)18-26(21(3)4)32(38)37(7)25-11-12-25/h16,19-22,24-28,30H,10-15,17-18,34-35H2,1-9H3/t24-,26-,27-,28-,30-/m0/s1. The van der Waals surface area contributed by atoms with Crippen LogP contribution in [-0.2, 0) is 25.5 Å². The fraction of sp³-hybridized carbons (Fsp3) is 0.788. The number of aromatic nitrogens is 1. The van der Waals surface area contributed by atoms with E-state index in [0.717, 1.165) is 24.8 Å². The molecule has 0 radical (unpaired) electrons. The molecule has 0 saturated heterocycles. The minimum Gasteiger partial charge on any atom is -0.488 e. The quantitative estimate of drug-likeness (QED) is 0.165. The molecule has 43 heavy (non-hydrogen) atoms. The van der Waals surface area contributed by atoms with Gasteiger partial charge in [0, 0.05) is 51.4 Å². The third kappa shape index (κ3) is 11.5. The number of nitrogens with two attached hydrogens (primary N) is 2. The first kappa shape index (κ1) is 36.8. The lowest BCUT2D eigenvalue weighted by Gasteiger charge is -2.34. The molecule has 246 valence electrons. The van der Waals surface area contributed by atoms with Crippen LogP contribution in [0, 0.1) is 29.6 Å². The van der Waals surface area contributed by atoms with Crippen molar-refractivity contribution in [2.75, 3.05) is 34.5 Å². The van der Waals surface area contributed by atoms with Crippen molar-refractivity contribution in [2.45, 2.75) is 104 Å². The van der Waals surface area contributed by atoms with Crippen molar-refractivity contribution in [1.29, 1.82) is 0 Å². The third-order valence-electron chi connectivity index (χ3n) is 8.62. The number of pyridine rings is 1. The number of hydrogen-bond acceptors (Lipinski definition) is 9. The van der Waals surface area contributed by atoms with Gasteiger partial charge in [-0.1, -0.05) is 41.5 Å². The first-order chi connectivity index (χ1) is 20.3. The fourth-order valence-electron chi connectivity index (χ4n) is 5.24. The second-order valence-corrected chi connectivity index (χ2v) is 13.2. The maximum atomic E-state index is 13.5. The Labute approximate surface area is 259 Å². The minimum absolute atomic E-state index is 0.0643. The van der Waals surface area contributed by atoms with E-state index in [0.29, 0.717) is 50.1 Å². The summed E-state index contributed by atoms with van der Waals surface area (Å²) in [6, 6.07) is 1.03. The van der Waals surface area contributed by atoms with Crippen LogP contribution >= 0.6 is 0 Å². The van der Waals surface area contributed by atoms with E-state index in [2.05, 4.69) is 18.8 Å². The Bertz CT molecular complexity index is 1000. The van der Waals surface area contributed by atoms with Crippen LogP contribution in [0.4, 0.5) is 0 Å². The van der Waals surface area contributed by atoms with Crippen LogP contribution in [0.1, 0.15) is 79.2 Å². The van der Waals surface area contributed by atoms with Crippen LogP contribution in [0.25, 0.3) is 0 Å². The van der Waals surface area contributed by atoms with Crippen LogP contribution in [0.15, 0.2) is 12.3 Å². The van der Waals surface area contributed by atoms with Crippen molar-refractivity contribution in [1.82, 2.24) is 9.88 Å². The highest BCUT2D eigenvalue weighted by molar-refractivity contribution is 5.80. The highest BCUT2D eigenvalue weighted by Crippen LogP contribution is 2.33. The summed E-state index contributed by atoms with van der Waals surface area (Å²) in [4.78, 5) is 32.9. The summed E-state index contributed by atoms with van der Waals surface area (Å²) in [5, 5.41) is 0. The van der Waals surface area contributed by atoms with Crippen molar-refractivity contribution in [3.63, 3.8) is 0 Å². The van der Waals surface area contributed by atoms with Crippen LogP contribution < -0.4 is 20.9 Å². The summed E-state index contributed by atoms with van der Waals surface area (Å²) in [5.41, 5.74) is 14.1. The first-order valence-corrected chi connectivity index (χ1v) is 15.9. The Balaban J connectivity index is 2.26. The van der Waals surface area contributed by atoms with E-state index >= 15 is 0 Å². The van der Waals surface area contributed by atoms with Gasteiger partial charge in [-0.05, 0) is 67.4 Å². The Hall–Kier alpha value is -2.43. The lowest BCUT2D eigenvalue weighted by molar-refractivity contribution is -0.156. The predicted molar refractivity (Wildman–Crippen MR) is 169 cm³/mol. The Morgan fingerprint density at radius 2 is 1.67 bits per heavy atom. The average Bonchev–Trinajstić information content (AvgIpc) is 3.81. The summed E-state index contributed by atoms with van der Waals surface area (Å²) in [5.74, 6) is 0.762. The zero-order valence-electron chi connectivity index (χ0n) is 28.0. The molecule has 1 aliphatic carbocycles. The third-order valence-corrected chi connectivity index (χ3v) is 8.62. The predicted octanol–water partition coefficient (Wildman–Crippen LogP) is 4.22. The summed E-state index contributed by atoms with van der Waals surface area (Å²) in [6.45, 7) is 13.3. The first-order valence-electron chi connectivity index (χ1n) is 15.9. The van der Waals surface area contributed by atoms with E-state index in [-0.39, 0.29) is 35.5 Å². The monoisotopic (exact) mass is 606 g/mol. The normalized spacial score (nSPS) is 17.0. The minimum atomic E-state index is -0.759. The van der Waals surface area contributed by atoms with Gasteiger partial charge in [-0.3, -0.25) is 9.59 Å². The molecule has 1 aromatic rings. The van der Waals surface area contributed by atoms with E-state index in [1.54, 1.807) is 14.2 Å². The van der Waals surface area contributed by atoms with Gasteiger partial charge in [-0.2, -0.15) is 0 Å². The number of amides is 1. The maximum Gasteiger partial charge on any atom is 0.323 e. The van der Waals surface area contributed by atoms with Gasteiger partial charge < -0.3 is 35.3 Å². The number of nitrogens with zero attached hydrogens (tertiary/aromatic N) is 2. The number of carbonyl (C=O) groups excluding carboxylic acids is 2. The van der Waals surface area contributed by atoms with E-state index in [1.165, 1.54) is 0 Å². The molecular formula is C33H58N4O6. The molecule has 2 rings (SSSR count). The van der Waals surface area contributed by atoms with Crippen LogP contribution in [0.5, 0.6) is 11.6 Å². The van der Waals surface area contributed by atoms with Gasteiger partial charge in [0.2, 0.25) is 5.91 Å². The SMILES string of the molecule is COCCCOc1cc(C[C@@H](C[C@H](N)[C@H](C[C@H](C(=O)N(C)C2CC2)C(C)C)OC(=O)[C@@H](N)C(C)C)C(C)C)cnc1OC. The summed E-state index contributed by atoms with van der Waals surface area (Å²) in [6.07, 6.45) is 5.65. The zero-order chi connectivity index (χ0) is 32.3. The Morgan fingerprint density at radius 1 is 1.00 bits per heavy atom. The van der Waals surface area contributed by atoms with E-state index in [1.807, 2.05) is 51.9 Å². The van der Waals surface area contributed by atoms with Crippen molar-refractivity contribution in [3.8, 4) is 11.6 Å². The molecule has 10 heteroatoms. The van der Waals surface area contributed by atoms with Gasteiger partial charge >= 0.3 is 5.97 Å². The largest absolute Gasteiger partial charge is 0.488 e. The number of ether oxygens (including phenoxy) is 4. The van der Waals surface area contributed by atoms with Crippen molar-refractivity contribution in [3.05, 3.63) is 17.8 Å². The van der Waals surface area contributed by atoms with Crippen LogP contribution in [0.3, 0.4) is 0 Å². The van der Waals surface area contributed by atoms with E-state index in [4.69, 9.17) is 30.4 Å². The molecule has 0 aliphatic heterocycles. The number of methoxy groups -OCH3 is 2. The van der Waals surface area contributed by atoms with Crippen molar-refractivity contribution < 1.29 is 28.5 Å². The summed E-state index contributed by atoms with van der Waals surface area (Å²) in [7, 11) is 5.11. The van der Waals surface area contributed by atoms with Crippen molar-refractivity contribution >= 4 is 11.9 Å². The molecule has 0 unspecified atom stereocenters. The lowest BCUT2D eigenvalue weighted by atomic mass is 9.80. The van der Waals surface area contributed by atoms with Crippen LogP contribution in [-0.4, -0.2) is 80.5 Å². The molecule has 1 aliphatic rings.